The fraction of sp³-hybridized carbons (Fsp3) is 0.471. The number of fused-ring (bicyclic) bond motifs is 1. The van der Waals surface area contributed by atoms with Gasteiger partial charge in [0.15, 0.2) is 0 Å². The molecular formula is C17H23N3O5. The highest BCUT2D eigenvalue weighted by Gasteiger charge is 2.28. The summed E-state index contributed by atoms with van der Waals surface area (Å²) >= 11 is 0. The molecule has 0 saturated carbocycles. The van der Waals surface area contributed by atoms with Gasteiger partial charge >= 0.3 is 5.97 Å². The smallest absolute Gasteiger partial charge is 0.325 e. The standard InChI is InChI=1S/C17H23N3O5/c1-19(2)17(23)11-5-6-14-13(7-11)20(3)12(10-25-14)8-15(21)18-9-16(22)24-4/h5-7,12H,8-10H2,1-4H3,(H,18,21)/t12-/m1/s1. The molecule has 0 spiro atoms. The average Bonchev–Trinajstić information content (AvgIpc) is 2.61. The lowest BCUT2D eigenvalue weighted by atomic mass is 10.1. The molecule has 25 heavy (non-hydrogen) atoms. The number of nitrogens with zero attached hydrogens (tertiary/aromatic N) is 2. The number of likely N-dealkylation sites (N-methyl/N-ethyl adjacent to an activating group) is 1. The third kappa shape index (κ3) is 4.40. The lowest BCUT2D eigenvalue weighted by Crippen LogP contribution is -2.44. The molecule has 1 aliphatic rings. The Morgan fingerprint density at radius 1 is 1.36 bits per heavy atom. The number of amides is 2. The number of carbonyl (C=O) groups excluding carboxylic acids is 3. The van der Waals surface area contributed by atoms with E-state index in [4.69, 9.17) is 4.74 Å². The highest BCUT2D eigenvalue weighted by Crippen LogP contribution is 2.34. The van der Waals surface area contributed by atoms with Crippen LogP contribution in [-0.2, 0) is 14.3 Å². The first-order valence-electron chi connectivity index (χ1n) is 7.88. The van der Waals surface area contributed by atoms with E-state index in [2.05, 4.69) is 10.1 Å². The second-order valence-corrected chi connectivity index (χ2v) is 6.01. The van der Waals surface area contributed by atoms with Gasteiger partial charge in [-0.25, -0.2) is 0 Å². The van der Waals surface area contributed by atoms with E-state index in [1.807, 2.05) is 11.9 Å². The van der Waals surface area contributed by atoms with Crippen molar-refractivity contribution >= 4 is 23.5 Å². The monoisotopic (exact) mass is 349 g/mol. The van der Waals surface area contributed by atoms with E-state index in [0.717, 1.165) is 5.69 Å². The Kier molecular flexibility index (Phi) is 5.84. The molecule has 136 valence electrons. The van der Waals surface area contributed by atoms with Crippen molar-refractivity contribution in [3.63, 3.8) is 0 Å². The van der Waals surface area contributed by atoms with Crippen molar-refractivity contribution < 1.29 is 23.9 Å². The van der Waals surface area contributed by atoms with Gasteiger partial charge in [0, 0.05) is 26.7 Å². The Hall–Kier alpha value is -2.77. The van der Waals surface area contributed by atoms with Gasteiger partial charge in [0.2, 0.25) is 5.91 Å². The van der Waals surface area contributed by atoms with Crippen LogP contribution in [0.15, 0.2) is 18.2 Å². The minimum absolute atomic E-state index is 0.103. The number of benzene rings is 1. The molecule has 1 heterocycles. The third-order valence-corrected chi connectivity index (χ3v) is 4.05. The van der Waals surface area contributed by atoms with Crippen molar-refractivity contribution in [1.82, 2.24) is 10.2 Å². The minimum Gasteiger partial charge on any atom is -0.489 e. The number of rotatable bonds is 5. The van der Waals surface area contributed by atoms with E-state index in [1.165, 1.54) is 12.0 Å². The fourth-order valence-electron chi connectivity index (χ4n) is 2.53. The quantitative estimate of drug-likeness (QED) is 0.768. The first-order valence-corrected chi connectivity index (χ1v) is 7.88. The minimum atomic E-state index is -0.501. The Bertz CT molecular complexity index is 674. The number of carbonyl (C=O) groups is 3. The predicted octanol–water partition coefficient (Wildman–Crippen LogP) is 0.265. The number of methoxy groups -OCH3 is 1. The summed E-state index contributed by atoms with van der Waals surface area (Å²) in [5.41, 5.74) is 1.31. The fourth-order valence-corrected chi connectivity index (χ4v) is 2.53. The predicted molar refractivity (Wildman–Crippen MR) is 91.8 cm³/mol. The van der Waals surface area contributed by atoms with Gasteiger partial charge in [0.25, 0.3) is 5.91 Å². The van der Waals surface area contributed by atoms with Crippen LogP contribution in [0.2, 0.25) is 0 Å². The molecule has 0 saturated heterocycles. The van der Waals surface area contributed by atoms with Gasteiger partial charge in [-0.05, 0) is 18.2 Å². The summed E-state index contributed by atoms with van der Waals surface area (Å²) in [6.45, 7) is 0.181. The largest absolute Gasteiger partial charge is 0.489 e. The van der Waals surface area contributed by atoms with Crippen molar-refractivity contribution in [3.8, 4) is 5.75 Å². The lowest BCUT2D eigenvalue weighted by molar-refractivity contribution is -0.141. The molecule has 0 aliphatic carbocycles. The molecule has 8 nitrogen and oxygen atoms in total. The Labute approximate surface area is 146 Å². The molecule has 8 heteroatoms. The second-order valence-electron chi connectivity index (χ2n) is 6.01. The maximum Gasteiger partial charge on any atom is 0.325 e. The van der Waals surface area contributed by atoms with Crippen molar-refractivity contribution in [2.75, 3.05) is 46.3 Å². The summed E-state index contributed by atoms with van der Waals surface area (Å²) in [4.78, 5) is 38.6. The molecule has 2 rings (SSSR count). The van der Waals surface area contributed by atoms with Crippen LogP contribution in [0.5, 0.6) is 5.75 Å². The molecule has 0 unspecified atom stereocenters. The van der Waals surface area contributed by atoms with E-state index in [9.17, 15) is 14.4 Å². The van der Waals surface area contributed by atoms with Crippen LogP contribution >= 0.6 is 0 Å². The highest BCUT2D eigenvalue weighted by atomic mass is 16.5. The van der Waals surface area contributed by atoms with E-state index in [0.29, 0.717) is 17.9 Å². The number of hydrogen-bond acceptors (Lipinski definition) is 6. The molecule has 0 radical (unpaired) electrons. The van der Waals surface area contributed by atoms with Gasteiger partial charge in [0.1, 0.15) is 18.9 Å². The average molecular weight is 349 g/mol. The van der Waals surface area contributed by atoms with E-state index < -0.39 is 5.97 Å². The van der Waals surface area contributed by atoms with Crippen molar-refractivity contribution in [2.24, 2.45) is 0 Å². The van der Waals surface area contributed by atoms with Crippen LogP contribution in [0.4, 0.5) is 5.69 Å². The number of esters is 1. The number of hydrogen-bond donors (Lipinski definition) is 1. The van der Waals surface area contributed by atoms with Crippen LogP contribution in [0.25, 0.3) is 0 Å². The Morgan fingerprint density at radius 3 is 2.72 bits per heavy atom. The lowest BCUT2D eigenvalue weighted by Gasteiger charge is -2.35. The molecule has 0 bridgehead atoms. The maximum absolute atomic E-state index is 12.1. The molecule has 1 atom stereocenters. The van der Waals surface area contributed by atoms with Crippen LogP contribution in [0.3, 0.4) is 0 Å². The normalized spacial score (nSPS) is 15.7. The summed E-state index contributed by atoms with van der Waals surface area (Å²) in [5.74, 6) is -0.202. The molecule has 0 fully saturated rings. The van der Waals surface area contributed by atoms with Crippen LogP contribution < -0.4 is 15.0 Å². The summed E-state index contributed by atoms with van der Waals surface area (Å²) in [5, 5.41) is 2.51. The SMILES string of the molecule is COC(=O)CNC(=O)C[C@@H]1COc2ccc(C(=O)N(C)C)cc2N1C. The molecule has 0 aromatic heterocycles. The van der Waals surface area contributed by atoms with Crippen LogP contribution in [0.1, 0.15) is 16.8 Å². The zero-order valence-corrected chi connectivity index (χ0v) is 14.9. The van der Waals surface area contributed by atoms with Gasteiger partial charge in [0.05, 0.1) is 25.3 Å². The summed E-state index contributed by atoms with van der Waals surface area (Å²) < 4.78 is 10.2. The van der Waals surface area contributed by atoms with Crippen molar-refractivity contribution in [3.05, 3.63) is 23.8 Å². The summed E-state index contributed by atoms with van der Waals surface area (Å²) in [6.07, 6.45) is 0.165. The molecule has 1 N–H and O–H groups in total. The number of nitrogens with one attached hydrogen (secondary N) is 1. The Morgan fingerprint density at radius 2 is 2.08 bits per heavy atom. The molecule has 1 aliphatic heterocycles. The van der Waals surface area contributed by atoms with Gasteiger partial charge in [-0.15, -0.1) is 0 Å². The highest BCUT2D eigenvalue weighted by molar-refractivity contribution is 5.95. The third-order valence-electron chi connectivity index (χ3n) is 4.05. The van der Waals surface area contributed by atoms with Crippen molar-refractivity contribution in [1.29, 1.82) is 0 Å². The van der Waals surface area contributed by atoms with E-state index >= 15 is 0 Å². The molecule has 1 aromatic carbocycles. The second kappa shape index (κ2) is 7.87. The van der Waals surface area contributed by atoms with Gasteiger partial charge in [-0.1, -0.05) is 0 Å². The van der Waals surface area contributed by atoms with Gasteiger partial charge in [-0.3, -0.25) is 14.4 Å². The molecule has 2 amide bonds. The maximum atomic E-state index is 12.1. The Balaban J connectivity index is 2.07. The van der Waals surface area contributed by atoms with Crippen LogP contribution in [0, 0.1) is 0 Å². The van der Waals surface area contributed by atoms with Gasteiger partial charge in [-0.2, -0.15) is 0 Å². The van der Waals surface area contributed by atoms with E-state index in [-0.39, 0.29) is 30.8 Å². The van der Waals surface area contributed by atoms with E-state index in [1.54, 1.807) is 32.3 Å². The van der Waals surface area contributed by atoms with Crippen LogP contribution in [-0.4, -0.2) is 70.1 Å². The van der Waals surface area contributed by atoms with Gasteiger partial charge < -0.3 is 24.6 Å². The summed E-state index contributed by atoms with van der Waals surface area (Å²) in [6, 6.07) is 5.04. The summed E-state index contributed by atoms with van der Waals surface area (Å²) in [7, 11) is 6.50. The first kappa shape index (κ1) is 18.6. The first-order chi connectivity index (χ1) is 11.8. The van der Waals surface area contributed by atoms with Crippen molar-refractivity contribution in [2.45, 2.75) is 12.5 Å². The number of anilines is 1. The molecular weight excluding hydrogens is 326 g/mol. The zero-order chi connectivity index (χ0) is 18.6. The zero-order valence-electron chi connectivity index (χ0n) is 14.9. The topological polar surface area (TPSA) is 88.2 Å². The number of ether oxygens (including phenoxy) is 2. The molecule has 1 aromatic rings.